The van der Waals surface area contributed by atoms with Crippen LogP contribution >= 0.6 is 55.7 Å². The van der Waals surface area contributed by atoms with Gasteiger partial charge >= 0.3 is 5.97 Å². The van der Waals surface area contributed by atoms with Gasteiger partial charge in [-0.1, -0.05) is 39.7 Å². The van der Waals surface area contributed by atoms with Gasteiger partial charge in [-0.15, -0.1) is 0 Å². The fourth-order valence-electron chi connectivity index (χ4n) is 2.44. The van der Waals surface area contributed by atoms with Crippen LogP contribution in [0.5, 0.6) is 0 Å². The Labute approximate surface area is 192 Å². The van der Waals surface area contributed by atoms with Crippen molar-refractivity contribution in [3.63, 3.8) is 0 Å². The summed E-state index contributed by atoms with van der Waals surface area (Å²) in [7, 11) is 0. The predicted molar refractivity (Wildman–Crippen MR) is 122 cm³/mol. The first-order valence-electron chi connectivity index (χ1n) is 7.95. The zero-order valence-electron chi connectivity index (χ0n) is 14.3. The summed E-state index contributed by atoms with van der Waals surface area (Å²) in [4.78, 5) is 23.9. The van der Waals surface area contributed by atoms with Crippen LogP contribution in [-0.4, -0.2) is 22.1 Å². The molecule has 1 heterocycles. The van der Waals surface area contributed by atoms with E-state index in [1.54, 1.807) is 36.4 Å². The molecule has 3 N–H and O–H groups in total. The van der Waals surface area contributed by atoms with Gasteiger partial charge in [-0.3, -0.25) is 10.1 Å². The third kappa shape index (κ3) is 5.24. The molecule has 2 aromatic carbocycles. The molecule has 3 aromatic rings. The Morgan fingerprint density at radius 1 is 1.10 bits per heavy atom. The van der Waals surface area contributed by atoms with Gasteiger partial charge in [-0.25, -0.2) is 4.79 Å². The van der Waals surface area contributed by atoms with Crippen LogP contribution < -0.4 is 10.6 Å². The van der Waals surface area contributed by atoms with Crippen molar-refractivity contribution in [3.8, 4) is 11.3 Å². The van der Waals surface area contributed by atoms with Crippen molar-refractivity contribution in [2.24, 2.45) is 0 Å². The summed E-state index contributed by atoms with van der Waals surface area (Å²) in [5.41, 5.74) is 0.913. The Morgan fingerprint density at radius 3 is 2.55 bits per heavy atom. The fourth-order valence-corrected chi connectivity index (χ4v) is 4.15. The first-order chi connectivity index (χ1) is 13.7. The van der Waals surface area contributed by atoms with E-state index in [4.69, 9.17) is 28.2 Å². The topological polar surface area (TPSA) is 91.6 Å². The lowest BCUT2D eigenvalue weighted by molar-refractivity contribution is 0.0697. The molecule has 6 nitrogen and oxygen atoms in total. The Kier molecular flexibility index (Phi) is 6.74. The number of carboxylic acid groups (broad SMARTS) is 1. The number of amides is 1. The average molecular weight is 559 g/mol. The average Bonchev–Trinajstić information content (AvgIpc) is 3.14. The summed E-state index contributed by atoms with van der Waals surface area (Å²) in [6.07, 6.45) is 0. The van der Waals surface area contributed by atoms with Crippen LogP contribution in [0.3, 0.4) is 0 Å². The first-order valence-corrected chi connectivity index (χ1v) is 10.3. The van der Waals surface area contributed by atoms with Gasteiger partial charge in [-0.05, 0) is 64.5 Å². The number of nitrogens with one attached hydrogen (secondary N) is 2. The van der Waals surface area contributed by atoms with Crippen LogP contribution in [0.4, 0.5) is 5.69 Å². The lowest BCUT2D eigenvalue weighted by Gasteiger charge is -2.13. The van der Waals surface area contributed by atoms with E-state index in [9.17, 15) is 14.7 Å². The number of hydrogen-bond donors (Lipinski definition) is 3. The third-order valence-corrected chi connectivity index (χ3v) is 5.21. The Bertz CT molecular complexity index is 1130. The minimum atomic E-state index is -1.15. The molecular weight excluding hydrogens is 548 g/mol. The maximum Gasteiger partial charge on any atom is 0.337 e. The highest BCUT2D eigenvalue weighted by molar-refractivity contribution is 9.11. The van der Waals surface area contributed by atoms with Crippen molar-refractivity contribution in [2.45, 2.75) is 0 Å². The second-order valence-electron chi connectivity index (χ2n) is 5.70. The molecule has 0 aliphatic carbocycles. The molecule has 148 valence electrons. The quantitative estimate of drug-likeness (QED) is 0.343. The van der Waals surface area contributed by atoms with Crippen LogP contribution in [0, 0.1) is 0 Å². The summed E-state index contributed by atoms with van der Waals surface area (Å²) >= 11 is 17.6. The van der Waals surface area contributed by atoms with Crippen LogP contribution in [-0.2, 0) is 0 Å². The van der Waals surface area contributed by atoms with Crippen molar-refractivity contribution in [2.75, 3.05) is 5.32 Å². The first kappa shape index (κ1) is 21.5. The number of carboxylic acids is 1. The summed E-state index contributed by atoms with van der Waals surface area (Å²) in [5, 5.41) is 15.0. The van der Waals surface area contributed by atoms with Gasteiger partial charge in [0, 0.05) is 19.5 Å². The standard InChI is InChI=1S/C19H11Br2ClN2O4S/c20-10-7-12(18(26)27)16(13(21)8-10)23-19(29)24-17(25)15-5-4-14(28-15)9-2-1-3-11(22)6-9/h1-8H,(H,26,27)(H2,23,24,25,29). The molecule has 0 saturated heterocycles. The fraction of sp³-hybridized carbons (Fsp3) is 0. The number of carbonyl (C=O) groups excluding carboxylic acids is 1. The van der Waals surface area contributed by atoms with Crippen molar-refractivity contribution in [1.82, 2.24) is 5.32 Å². The minimum Gasteiger partial charge on any atom is -0.478 e. The van der Waals surface area contributed by atoms with E-state index in [1.165, 1.54) is 12.1 Å². The minimum absolute atomic E-state index is 0.0240. The monoisotopic (exact) mass is 556 g/mol. The van der Waals surface area contributed by atoms with E-state index in [2.05, 4.69) is 42.5 Å². The molecule has 0 spiro atoms. The maximum atomic E-state index is 12.4. The lowest BCUT2D eigenvalue weighted by atomic mass is 10.2. The number of carbonyl (C=O) groups is 2. The van der Waals surface area contributed by atoms with Crippen LogP contribution in [0.25, 0.3) is 11.3 Å². The molecule has 1 amide bonds. The molecule has 29 heavy (non-hydrogen) atoms. The predicted octanol–water partition coefficient (Wildman–Crippen LogP) is 5.95. The van der Waals surface area contributed by atoms with Gasteiger partial charge in [0.2, 0.25) is 0 Å². The van der Waals surface area contributed by atoms with Gasteiger partial charge in [0.25, 0.3) is 5.91 Å². The maximum absolute atomic E-state index is 12.4. The van der Waals surface area contributed by atoms with E-state index in [-0.39, 0.29) is 22.1 Å². The molecule has 0 aliphatic rings. The molecule has 3 rings (SSSR count). The van der Waals surface area contributed by atoms with Gasteiger partial charge in [0.1, 0.15) is 5.76 Å². The highest BCUT2D eigenvalue weighted by atomic mass is 79.9. The third-order valence-electron chi connectivity index (χ3n) is 3.69. The molecular formula is C19H11Br2ClN2O4S. The van der Waals surface area contributed by atoms with E-state index in [1.807, 2.05) is 0 Å². The number of halogens is 3. The normalized spacial score (nSPS) is 10.4. The van der Waals surface area contributed by atoms with Crippen LogP contribution in [0.1, 0.15) is 20.9 Å². The number of benzene rings is 2. The zero-order chi connectivity index (χ0) is 21.1. The molecule has 0 bridgehead atoms. The zero-order valence-corrected chi connectivity index (χ0v) is 19.1. The van der Waals surface area contributed by atoms with Crippen molar-refractivity contribution in [1.29, 1.82) is 0 Å². The lowest BCUT2D eigenvalue weighted by Crippen LogP contribution is -2.34. The summed E-state index contributed by atoms with van der Waals surface area (Å²) in [6, 6.07) is 13.3. The molecule has 10 heteroatoms. The van der Waals surface area contributed by atoms with E-state index in [0.717, 1.165) is 5.56 Å². The molecule has 0 saturated carbocycles. The van der Waals surface area contributed by atoms with Crippen LogP contribution in [0.15, 0.2) is 61.9 Å². The Hall–Kier alpha value is -2.20. The van der Waals surface area contributed by atoms with Crippen LogP contribution in [0.2, 0.25) is 5.02 Å². The Morgan fingerprint density at radius 2 is 1.86 bits per heavy atom. The molecule has 1 aromatic heterocycles. The summed E-state index contributed by atoms with van der Waals surface area (Å²) < 4.78 is 6.61. The molecule has 0 atom stereocenters. The van der Waals surface area contributed by atoms with Gasteiger partial charge < -0.3 is 14.8 Å². The second-order valence-corrected chi connectivity index (χ2v) is 8.31. The number of aromatic carboxylic acids is 1. The van der Waals surface area contributed by atoms with Crippen molar-refractivity contribution in [3.05, 3.63) is 73.8 Å². The summed E-state index contributed by atoms with van der Waals surface area (Å²) in [5.74, 6) is -1.22. The summed E-state index contributed by atoms with van der Waals surface area (Å²) in [6.45, 7) is 0. The molecule has 0 radical (unpaired) electrons. The van der Waals surface area contributed by atoms with E-state index < -0.39 is 11.9 Å². The Balaban J connectivity index is 1.74. The largest absolute Gasteiger partial charge is 0.478 e. The van der Waals surface area contributed by atoms with Gasteiger partial charge in [-0.2, -0.15) is 0 Å². The number of rotatable bonds is 4. The van der Waals surface area contributed by atoms with Gasteiger partial charge in [0.15, 0.2) is 10.9 Å². The number of anilines is 1. The van der Waals surface area contributed by atoms with Gasteiger partial charge in [0.05, 0.1) is 11.3 Å². The molecule has 0 fully saturated rings. The smallest absolute Gasteiger partial charge is 0.337 e. The SMILES string of the molecule is O=C(NC(=S)Nc1c(Br)cc(Br)cc1C(=O)O)c1ccc(-c2cccc(Cl)c2)o1. The molecule has 0 aliphatic heterocycles. The number of furan rings is 1. The van der Waals surface area contributed by atoms with Crippen molar-refractivity contribution < 1.29 is 19.1 Å². The highest BCUT2D eigenvalue weighted by Crippen LogP contribution is 2.31. The highest BCUT2D eigenvalue weighted by Gasteiger charge is 2.18. The number of thiocarbonyl (C=S) groups is 1. The number of hydrogen-bond acceptors (Lipinski definition) is 4. The van der Waals surface area contributed by atoms with E-state index in [0.29, 0.717) is 19.7 Å². The van der Waals surface area contributed by atoms with Crippen molar-refractivity contribution >= 4 is 78.4 Å². The van der Waals surface area contributed by atoms with E-state index >= 15 is 0 Å². The molecule has 0 unspecified atom stereocenters. The second kappa shape index (κ2) is 9.08.